The van der Waals surface area contributed by atoms with Gasteiger partial charge in [-0.15, -0.1) is 0 Å². The van der Waals surface area contributed by atoms with Crippen molar-refractivity contribution < 1.29 is 29.3 Å². The fraction of sp³-hybridized carbons (Fsp3) is 0.643. The third kappa shape index (κ3) is 4.36. The average molecular weight is 284 g/mol. The van der Waals surface area contributed by atoms with Gasteiger partial charge in [0.1, 0.15) is 0 Å². The van der Waals surface area contributed by atoms with Crippen molar-refractivity contribution in [3.8, 4) is 0 Å². The minimum atomic E-state index is -1.05. The van der Waals surface area contributed by atoms with Gasteiger partial charge in [-0.3, -0.25) is 9.59 Å². The summed E-state index contributed by atoms with van der Waals surface area (Å²) in [5.41, 5.74) is 0. The molecule has 1 saturated carbocycles. The third-order valence-corrected chi connectivity index (χ3v) is 3.76. The Labute approximate surface area is 117 Å². The molecule has 6 nitrogen and oxygen atoms in total. The zero-order valence-electron chi connectivity index (χ0n) is 11.3. The number of esters is 1. The van der Waals surface area contributed by atoms with Crippen molar-refractivity contribution in [1.29, 1.82) is 0 Å². The molecule has 0 heterocycles. The summed E-state index contributed by atoms with van der Waals surface area (Å²) in [7, 11) is 0. The minimum absolute atomic E-state index is 0.176. The molecule has 1 fully saturated rings. The van der Waals surface area contributed by atoms with Gasteiger partial charge in [-0.1, -0.05) is 13.0 Å². The molecular formula is C14H20O6. The Bertz CT molecular complexity index is 389. The number of aliphatic carboxylic acids is 2. The molecule has 0 aromatic carbocycles. The van der Waals surface area contributed by atoms with Gasteiger partial charge in [0, 0.05) is 6.08 Å². The van der Waals surface area contributed by atoms with Crippen LogP contribution in [0.1, 0.15) is 32.1 Å². The Hall–Kier alpha value is -1.85. The molecule has 6 heteroatoms. The van der Waals surface area contributed by atoms with Crippen molar-refractivity contribution >= 4 is 17.9 Å². The quantitative estimate of drug-likeness (QED) is 0.419. The first-order valence-corrected chi connectivity index (χ1v) is 6.72. The normalized spacial score (nSPS) is 25.7. The maximum absolute atomic E-state index is 11.3. The van der Waals surface area contributed by atoms with E-state index < -0.39 is 29.7 Å². The lowest BCUT2D eigenvalue weighted by Crippen LogP contribution is -2.38. The molecule has 1 rings (SSSR count). The molecule has 0 amide bonds. The summed E-state index contributed by atoms with van der Waals surface area (Å²) >= 11 is 0. The maximum atomic E-state index is 11.3. The van der Waals surface area contributed by atoms with Crippen molar-refractivity contribution in [2.75, 3.05) is 6.61 Å². The smallest absolute Gasteiger partial charge is 0.330 e. The van der Waals surface area contributed by atoms with Gasteiger partial charge in [-0.05, 0) is 31.6 Å². The monoisotopic (exact) mass is 284 g/mol. The van der Waals surface area contributed by atoms with Crippen LogP contribution < -0.4 is 0 Å². The lowest BCUT2D eigenvalue weighted by atomic mass is 9.70. The highest BCUT2D eigenvalue weighted by molar-refractivity contribution is 5.81. The molecule has 0 aliphatic heterocycles. The van der Waals surface area contributed by atoms with E-state index in [0.717, 1.165) is 12.5 Å². The molecule has 0 bridgehead atoms. The number of carboxylic acid groups (broad SMARTS) is 2. The molecule has 3 atom stereocenters. The average Bonchev–Trinajstić information content (AvgIpc) is 2.42. The number of carbonyl (C=O) groups excluding carboxylic acids is 1. The second kappa shape index (κ2) is 7.67. The fourth-order valence-electron chi connectivity index (χ4n) is 2.84. The Morgan fingerprint density at radius 3 is 2.45 bits per heavy atom. The SMILES string of the molecule is C=CC(=O)OCCCC1CCCC(C(=O)O)C1C(=O)O. The summed E-state index contributed by atoms with van der Waals surface area (Å²) < 4.78 is 4.83. The molecule has 0 spiro atoms. The Kier molecular flexibility index (Phi) is 6.21. The Morgan fingerprint density at radius 1 is 1.20 bits per heavy atom. The molecule has 0 saturated heterocycles. The molecule has 2 N–H and O–H groups in total. The van der Waals surface area contributed by atoms with Crippen LogP contribution in [-0.4, -0.2) is 34.7 Å². The van der Waals surface area contributed by atoms with Gasteiger partial charge in [0.05, 0.1) is 18.4 Å². The van der Waals surface area contributed by atoms with Crippen LogP contribution in [0.25, 0.3) is 0 Å². The summed E-state index contributed by atoms with van der Waals surface area (Å²) in [5.74, 6) is -4.44. The molecule has 3 unspecified atom stereocenters. The van der Waals surface area contributed by atoms with E-state index in [9.17, 15) is 19.5 Å². The van der Waals surface area contributed by atoms with Crippen LogP contribution in [0.4, 0.5) is 0 Å². The predicted octanol–water partition coefficient (Wildman–Crippen LogP) is 1.70. The van der Waals surface area contributed by atoms with Crippen LogP contribution in [0.15, 0.2) is 12.7 Å². The molecule has 20 heavy (non-hydrogen) atoms. The Morgan fingerprint density at radius 2 is 1.90 bits per heavy atom. The molecular weight excluding hydrogens is 264 g/mol. The third-order valence-electron chi connectivity index (χ3n) is 3.76. The van der Waals surface area contributed by atoms with E-state index in [-0.39, 0.29) is 12.5 Å². The van der Waals surface area contributed by atoms with Crippen LogP contribution in [0.5, 0.6) is 0 Å². The summed E-state index contributed by atoms with van der Waals surface area (Å²) in [5, 5.41) is 18.4. The molecule has 0 aromatic heterocycles. The number of rotatable bonds is 7. The first-order chi connectivity index (χ1) is 9.47. The predicted molar refractivity (Wildman–Crippen MR) is 70.0 cm³/mol. The van der Waals surface area contributed by atoms with E-state index >= 15 is 0 Å². The standard InChI is InChI=1S/C14H20O6/c1-2-11(15)20-8-4-6-9-5-3-7-10(13(16)17)12(9)14(18)19/h2,9-10,12H,1,3-8H2,(H,16,17)(H,18,19). The van der Waals surface area contributed by atoms with Crippen LogP contribution in [0.3, 0.4) is 0 Å². The van der Waals surface area contributed by atoms with Gasteiger partial charge in [-0.25, -0.2) is 4.79 Å². The van der Waals surface area contributed by atoms with Gasteiger partial charge in [0.25, 0.3) is 0 Å². The second-order valence-electron chi connectivity index (χ2n) is 5.01. The highest BCUT2D eigenvalue weighted by atomic mass is 16.5. The van der Waals surface area contributed by atoms with E-state index in [1.807, 2.05) is 0 Å². The van der Waals surface area contributed by atoms with E-state index in [0.29, 0.717) is 25.7 Å². The molecule has 1 aliphatic carbocycles. The maximum Gasteiger partial charge on any atom is 0.330 e. The molecule has 112 valence electrons. The summed E-state index contributed by atoms with van der Waals surface area (Å²) in [6.45, 7) is 3.48. The lowest BCUT2D eigenvalue weighted by molar-refractivity contribution is -0.158. The topological polar surface area (TPSA) is 101 Å². The van der Waals surface area contributed by atoms with E-state index in [4.69, 9.17) is 9.84 Å². The largest absolute Gasteiger partial charge is 0.481 e. The van der Waals surface area contributed by atoms with Crippen LogP contribution in [0.2, 0.25) is 0 Å². The molecule has 0 radical (unpaired) electrons. The van der Waals surface area contributed by atoms with Crippen molar-refractivity contribution in [3.63, 3.8) is 0 Å². The van der Waals surface area contributed by atoms with Crippen molar-refractivity contribution in [2.45, 2.75) is 32.1 Å². The summed E-state index contributed by atoms with van der Waals surface area (Å²) in [6.07, 6.45) is 3.98. The number of hydrogen-bond acceptors (Lipinski definition) is 4. The highest BCUT2D eigenvalue weighted by Crippen LogP contribution is 2.37. The van der Waals surface area contributed by atoms with Crippen LogP contribution in [-0.2, 0) is 19.1 Å². The first-order valence-electron chi connectivity index (χ1n) is 6.72. The first kappa shape index (κ1) is 16.2. The van der Waals surface area contributed by atoms with Crippen molar-refractivity contribution in [3.05, 3.63) is 12.7 Å². The number of carbonyl (C=O) groups is 3. The second-order valence-corrected chi connectivity index (χ2v) is 5.01. The zero-order chi connectivity index (χ0) is 15.1. The van der Waals surface area contributed by atoms with Gasteiger partial charge in [0.2, 0.25) is 0 Å². The fourth-order valence-corrected chi connectivity index (χ4v) is 2.84. The van der Waals surface area contributed by atoms with Crippen LogP contribution >= 0.6 is 0 Å². The van der Waals surface area contributed by atoms with Gasteiger partial charge >= 0.3 is 17.9 Å². The highest BCUT2D eigenvalue weighted by Gasteiger charge is 2.41. The Balaban J connectivity index is 2.53. The zero-order valence-corrected chi connectivity index (χ0v) is 11.3. The molecule has 1 aliphatic rings. The van der Waals surface area contributed by atoms with E-state index in [2.05, 4.69) is 6.58 Å². The summed E-state index contributed by atoms with van der Waals surface area (Å²) in [4.78, 5) is 33.3. The number of hydrogen-bond donors (Lipinski definition) is 2. The number of carboxylic acids is 2. The van der Waals surface area contributed by atoms with Crippen LogP contribution in [0, 0.1) is 17.8 Å². The van der Waals surface area contributed by atoms with E-state index in [1.165, 1.54) is 0 Å². The minimum Gasteiger partial charge on any atom is -0.481 e. The van der Waals surface area contributed by atoms with Gasteiger partial charge in [0.15, 0.2) is 0 Å². The van der Waals surface area contributed by atoms with Crippen molar-refractivity contribution in [2.24, 2.45) is 17.8 Å². The molecule has 0 aromatic rings. The van der Waals surface area contributed by atoms with Gasteiger partial charge in [-0.2, -0.15) is 0 Å². The van der Waals surface area contributed by atoms with E-state index in [1.54, 1.807) is 0 Å². The lowest BCUT2D eigenvalue weighted by Gasteiger charge is -2.33. The number of ether oxygens (including phenoxy) is 1. The summed E-state index contributed by atoms with van der Waals surface area (Å²) in [6, 6.07) is 0. The van der Waals surface area contributed by atoms with Gasteiger partial charge < -0.3 is 14.9 Å². The van der Waals surface area contributed by atoms with Crippen molar-refractivity contribution in [1.82, 2.24) is 0 Å².